The topological polar surface area (TPSA) is 47.0 Å². The Morgan fingerprint density at radius 2 is 1.71 bits per heavy atom. The lowest BCUT2D eigenvalue weighted by Gasteiger charge is -2.59. The average molecular weight is 303 g/mol. The number of carbonyl (C=O) groups is 1. The first-order valence-electron chi connectivity index (χ1n) is 7.66. The van der Waals surface area contributed by atoms with E-state index in [0.717, 1.165) is 45.6 Å². The van der Waals surface area contributed by atoms with Crippen molar-refractivity contribution in [2.75, 3.05) is 52.4 Å². The maximum atomic E-state index is 12.3. The van der Waals surface area contributed by atoms with Crippen LogP contribution in [0.2, 0.25) is 0 Å². The van der Waals surface area contributed by atoms with Crippen LogP contribution in [0.1, 0.15) is 12.8 Å². The molecule has 3 rings (SSSR count). The Morgan fingerprint density at radius 3 is 2.24 bits per heavy atom. The highest BCUT2D eigenvalue weighted by Crippen LogP contribution is 2.52. The monoisotopic (exact) mass is 303 g/mol. The molecule has 2 heterocycles. The summed E-state index contributed by atoms with van der Waals surface area (Å²) in [6.07, 6.45) is -0.805. The molecule has 1 amide bonds. The molecule has 3 aliphatic rings. The van der Waals surface area contributed by atoms with E-state index in [1.165, 1.54) is 4.90 Å². The van der Waals surface area contributed by atoms with Crippen molar-refractivity contribution < 1.29 is 18.7 Å². The van der Waals surface area contributed by atoms with Crippen molar-refractivity contribution in [2.45, 2.75) is 19.3 Å². The molecule has 3 fully saturated rings. The molecule has 1 N–H and O–H groups in total. The minimum absolute atomic E-state index is 0.106. The smallest absolute Gasteiger partial charge is 0.407 e. The summed E-state index contributed by atoms with van der Waals surface area (Å²) in [6, 6.07) is 0. The number of hydrogen-bond acceptors (Lipinski definition) is 3. The van der Waals surface area contributed by atoms with Crippen LogP contribution in [0.5, 0.6) is 0 Å². The summed E-state index contributed by atoms with van der Waals surface area (Å²) >= 11 is 0. The summed E-state index contributed by atoms with van der Waals surface area (Å²) in [5, 5.41) is 8.86. The lowest BCUT2D eigenvalue weighted by atomic mass is 9.57. The minimum Gasteiger partial charge on any atom is -0.465 e. The van der Waals surface area contributed by atoms with Crippen LogP contribution in [0.4, 0.5) is 13.6 Å². The fraction of sp³-hybridized carbons (Fsp3) is 0.929. The van der Waals surface area contributed by atoms with Crippen LogP contribution in [0.25, 0.3) is 0 Å². The van der Waals surface area contributed by atoms with Crippen molar-refractivity contribution in [3.8, 4) is 0 Å². The Kier molecular flexibility index (Phi) is 4.05. The number of alkyl halides is 2. The lowest BCUT2D eigenvalue weighted by molar-refractivity contribution is -0.0889. The zero-order valence-electron chi connectivity index (χ0n) is 12.2. The van der Waals surface area contributed by atoms with Gasteiger partial charge in [0.2, 0.25) is 0 Å². The summed E-state index contributed by atoms with van der Waals surface area (Å²) in [6.45, 7) is 5.53. The van der Waals surface area contributed by atoms with Crippen LogP contribution in [-0.4, -0.2) is 84.7 Å². The maximum Gasteiger partial charge on any atom is 0.407 e. The van der Waals surface area contributed by atoms with E-state index in [9.17, 15) is 13.6 Å². The molecule has 2 aliphatic heterocycles. The second kappa shape index (κ2) is 5.68. The van der Waals surface area contributed by atoms with Gasteiger partial charge in [-0.1, -0.05) is 0 Å². The molecule has 120 valence electrons. The largest absolute Gasteiger partial charge is 0.465 e. The Hall–Kier alpha value is -0.950. The molecule has 0 aromatic heterocycles. The molecule has 1 saturated carbocycles. The van der Waals surface area contributed by atoms with Gasteiger partial charge in [-0.05, 0) is 18.8 Å². The molecular formula is C14H23F2N3O2. The number of piperazine rings is 1. The predicted molar refractivity (Wildman–Crippen MR) is 73.6 cm³/mol. The molecule has 2 saturated heterocycles. The maximum absolute atomic E-state index is 12.3. The van der Waals surface area contributed by atoms with E-state index < -0.39 is 12.5 Å². The van der Waals surface area contributed by atoms with Crippen molar-refractivity contribution in [3.63, 3.8) is 0 Å². The van der Waals surface area contributed by atoms with Crippen LogP contribution in [0.15, 0.2) is 0 Å². The summed E-state index contributed by atoms with van der Waals surface area (Å²) in [4.78, 5) is 16.5. The number of likely N-dealkylation sites (tertiary alicyclic amines) is 1. The van der Waals surface area contributed by atoms with Gasteiger partial charge in [0.05, 0.1) is 6.54 Å². The molecule has 0 aromatic carbocycles. The molecule has 1 aliphatic carbocycles. The van der Waals surface area contributed by atoms with Gasteiger partial charge in [-0.2, -0.15) is 0 Å². The molecule has 21 heavy (non-hydrogen) atoms. The van der Waals surface area contributed by atoms with E-state index in [4.69, 9.17) is 5.11 Å². The zero-order valence-corrected chi connectivity index (χ0v) is 12.2. The number of carboxylic acid groups (broad SMARTS) is 1. The quantitative estimate of drug-likeness (QED) is 0.849. The molecule has 0 atom stereocenters. The third kappa shape index (κ3) is 3.29. The number of nitrogens with zero attached hydrogens (tertiary/aromatic N) is 3. The number of halogens is 2. The van der Waals surface area contributed by atoms with Gasteiger partial charge in [0.1, 0.15) is 0 Å². The molecular weight excluding hydrogens is 280 g/mol. The summed E-state index contributed by atoms with van der Waals surface area (Å²) < 4.78 is 24.6. The van der Waals surface area contributed by atoms with Crippen molar-refractivity contribution in [1.29, 1.82) is 0 Å². The van der Waals surface area contributed by atoms with Gasteiger partial charge >= 0.3 is 6.09 Å². The van der Waals surface area contributed by atoms with Crippen molar-refractivity contribution in [1.82, 2.24) is 14.7 Å². The van der Waals surface area contributed by atoms with Crippen LogP contribution < -0.4 is 0 Å². The number of rotatable bonds is 4. The molecule has 5 nitrogen and oxygen atoms in total. The number of hydrogen-bond donors (Lipinski definition) is 1. The standard InChI is InChI=1S/C14H23F2N3O2/c15-12(16)8-18-3-1-17(2-4-18)7-11-5-14(6-11)9-19(10-14)13(20)21/h11-12H,1-10H2,(H,20,21). The summed E-state index contributed by atoms with van der Waals surface area (Å²) in [5.41, 5.74) is 0.264. The number of amides is 1. The Labute approximate surface area is 123 Å². The van der Waals surface area contributed by atoms with E-state index in [2.05, 4.69) is 4.90 Å². The Morgan fingerprint density at radius 1 is 1.14 bits per heavy atom. The predicted octanol–water partition coefficient (Wildman–Crippen LogP) is 1.26. The first kappa shape index (κ1) is 15.0. The summed E-state index contributed by atoms with van der Waals surface area (Å²) in [7, 11) is 0. The molecule has 0 bridgehead atoms. The zero-order chi connectivity index (χ0) is 15.0. The van der Waals surface area contributed by atoms with Crippen molar-refractivity contribution in [3.05, 3.63) is 0 Å². The van der Waals surface area contributed by atoms with Crippen LogP contribution in [0, 0.1) is 11.3 Å². The normalized spacial score (nSPS) is 26.9. The third-order valence-electron chi connectivity index (χ3n) is 5.14. The van der Waals surface area contributed by atoms with Gasteiger partial charge in [-0.25, -0.2) is 13.6 Å². The minimum atomic E-state index is -2.24. The molecule has 1 spiro atoms. The SMILES string of the molecule is O=C(O)N1CC2(CC(CN3CCN(CC(F)F)CC3)C2)C1. The van der Waals surface area contributed by atoms with Gasteiger partial charge in [-0.15, -0.1) is 0 Å². The van der Waals surface area contributed by atoms with E-state index in [0.29, 0.717) is 19.0 Å². The van der Waals surface area contributed by atoms with E-state index in [1.54, 1.807) is 0 Å². The highest BCUT2D eigenvalue weighted by Gasteiger charge is 2.53. The van der Waals surface area contributed by atoms with Gasteiger partial charge in [0.15, 0.2) is 0 Å². The van der Waals surface area contributed by atoms with E-state index in [1.807, 2.05) is 4.90 Å². The van der Waals surface area contributed by atoms with Crippen molar-refractivity contribution >= 4 is 6.09 Å². The van der Waals surface area contributed by atoms with Gasteiger partial charge in [-0.3, -0.25) is 4.90 Å². The molecule has 0 unspecified atom stereocenters. The van der Waals surface area contributed by atoms with Crippen molar-refractivity contribution in [2.24, 2.45) is 11.3 Å². The van der Waals surface area contributed by atoms with E-state index >= 15 is 0 Å². The van der Waals surface area contributed by atoms with Crippen LogP contribution in [0.3, 0.4) is 0 Å². The van der Waals surface area contributed by atoms with Crippen LogP contribution in [-0.2, 0) is 0 Å². The second-order valence-corrected chi connectivity index (χ2v) is 6.91. The molecule has 0 radical (unpaired) electrons. The highest BCUT2D eigenvalue weighted by atomic mass is 19.3. The van der Waals surface area contributed by atoms with Gasteiger partial charge in [0.25, 0.3) is 6.43 Å². The van der Waals surface area contributed by atoms with Gasteiger partial charge in [0, 0.05) is 51.2 Å². The first-order valence-corrected chi connectivity index (χ1v) is 7.66. The summed E-state index contributed by atoms with van der Waals surface area (Å²) in [5.74, 6) is 0.655. The molecule has 7 heteroatoms. The Balaban J connectivity index is 1.32. The van der Waals surface area contributed by atoms with Crippen LogP contribution >= 0.6 is 0 Å². The Bertz CT molecular complexity index is 386. The fourth-order valence-electron chi connectivity index (χ4n) is 4.17. The second-order valence-electron chi connectivity index (χ2n) is 6.91. The highest BCUT2D eigenvalue weighted by molar-refractivity contribution is 5.66. The van der Waals surface area contributed by atoms with E-state index in [-0.39, 0.29) is 12.0 Å². The lowest BCUT2D eigenvalue weighted by Crippen LogP contribution is -2.64. The average Bonchev–Trinajstić information content (AvgIpc) is 2.31. The van der Waals surface area contributed by atoms with Gasteiger partial charge < -0.3 is 14.9 Å². The molecule has 0 aromatic rings. The first-order chi connectivity index (χ1) is 9.96. The fourth-order valence-corrected chi connectivity index (χ4v) is 4.17. The third-order valence-corrected chi connectivity index (χ3v) is 5.14.